The molecule has 94 heavy (non-hydrogen) atoms. The van der Waals surface area contributed by atoms with E-state index in [4.69, 9.17) is 4.74 Å². The van der Waals surface area contributed by atoms with Gasteiger partial charge in [-0.1, -0.05) is 157 Å². The lowest BCUT2D eigenvalue weighted by atomic mass is 9.87. The van der Waals surface area contributed by atoms with Gasteiger partial charge < -0.3 is 51.5 Å². The quantitative estimate of drug-likeness (QED) is 0.0291. The van der Waals surface area contributed by atoms with E-state index >= 15 is 0 Å². The summed E-state index contributed by atoms with van der Waals surface area (Å²) in [6.45, 7) is 34.4. The summed E-state index contributed by atoms with van der Waals surface area (Å²) in [7, 11) is 3.81. The van der Waals surface area contributed by atoms with Crippen LogP contribution in [0.4, 0.5) is 0 Å². The molecule has 2 saturated heterocycles. The number of amides is 6. The van der Waals surface area contributed by atoms with Gasteiger partial charge >= 0.3 is 0 Å². The molecule has 16 nitrogen and oxygen atoms in total. The van der Waals surface area contributed by atoms with Crippen LogP contribution in [-0.4, -0.2) is 148 Å². The monoisotopic (exact) mass is 1290 g/mol. The molecule has 2 aliphatic heterocycles. The number of aliphatic hydroxyl groups excluding tert-OH is 1. The summed E-state index contributed by atoms with van der Waals surface area (Å²) in [5.74, 6) is 1.98. The minimum absolute atomic E-state index is 0.0366. The first-order chi connectivity index (χ1) is 44.7. The smallest absolute Gasteiger partial charge is 0.251 e. The van der Waals surface area contributed by atoms with Gasteiger partial charge in [0.15, 0.2) is 0 Å². The Kier molecular flexibility index (Phi) is 35.0. The molecule has 0 bridgehead atoms. The maximum Gasteiger partial charge on any atom is 0.251 e. The van der Waals surface area contributed by atoms with Crippen molar-refractivity contribution in [3.05, 3.63) is 177 Å². The number of aliphatic hydroxyl groups is 1. The second-order valence-electron chi connectivity index (χ2n) is 27.7. The van der Waals surface area contributed by atoms with E-state index in [2.05, 4.69) is 130 Å². The van der Waals surface area contributed by atoms with Crippen LogP contribution in [0.5, 0.6) is 0 Å². The van der Waals surface area contributed by atoms with E-state index in [0.717, 1.165) is 50.0 Å². The van der Waals surface area contributed by atoms with Gasteiger partial charge in [-0.05, 0) is 195 Å². The van der Waals surface area contributed by atoms with E-state index in [1.165, 1.54) is 79.6 Å². The summed E-state index contributed by atoms with van der Waals surface area (Å²) in [6, 6.07) is 39.4. The summed E-state index contributed by atoms with van der Waals surface area (Å²) >= 11 is 0. The van der Waals surface area contributed by atoms with Crippen molar-refractivity contribution in [1.82, 2.24) is 41.7 Å². The molecule has 5 aromatic carbocycles. The first-order valence-corrected chi connectivity index (χ1v) is 34.5. The number of likely N-dealkylation sites (tertiary alicyclic amines) is 2. The molecule has 0 radical (unpaired) electrons. The van der Waals surface area contributed by atoms with Crippen molar-refractivity contribution < 1.29 is 38.6 Å². The number of ether oxygens (including phenoxy) is 1. The average Bonchev–Trinajstić information content (AvgIpc) is 2.27. The van der Waals surface area contributed by atoms with E-state index in [0.29, 0.717) is 71.5 Å². The molecule has 0 spiro atoms. The van der Waals surface area contributed by atoms with E-state index < -0.39 is 0 Å². The minimum Gasteiger partial charge on any atom is -0.394 e. The molecule has 8 rings (SSSR count). The van der Waals surface area contributed by atoms with E-state index in [1.54, 1.807) is 19.2 Å². The van der Waals surface area contributed by atoms with Gasteiger partial charge in [-0.25, -0.2) is 0 Å². The van der Waals surface area contributed by atoms with Crippen LogP contribution < -0.4 is 31.9 Å². The Morgan fingerprint density at radius 2 is 0.830 bits per heavy atom. The number of hydrogen-bond donors (Lipinski definition) is 7. The van der Waals surface area contributed by atoms with Crippen molar-refractivity contribution in [2.24, 2.45) is 5.41 Å². The van der Waals surface area contributed by atoms with Gasteiger partial charge in [0.1, 0.15) is 0 Å². The van der Waals surface area contributed by atoms with Crippen molar-refractivity contribution in [3.8, 4) is 0 Å². The predicted molar refractivity (Wildman–Crippen MR) is 383 cm³/mol. The maximum atomic E-state index is 12.1. The highest BCUT2D eigenvalue weighted by Gasteiger charge is 2.27. The van der Waals surface area contributed by atoms with Crippen molar-refractivity contribution in [2.45, 2.75) is 189 Å². The van der Waals surface area contributed by atoms with Crippen LogP contribution in [0.3, 0.4) is 0 Å². The van der Waals surface area contributed by atoms with Crippen LogP contribution in [0.1, 0.15) is 251 Å². The fraction of sp³-hybridized carbons (Fsp3) is 0.538. The molecule has 1 unspecified atom stereocenters. The highest BCUT2D eigenvalue weighted by molar-refractivity contribution is 5.97. The van der Waals surface area contributed by atoms with Crippen LogP contribution in [0.25, 0.3) is 0 Å². The first-order valence-electron chi connectivity index (χ1n) is 34.5. The van der Waals surface area contributed by atoms with Crippen molar-refractivity contribution in [1.29, 1.82) is 0 Å². The SMILES string of the molecule is CC(C)c1ccc(C(=O)NCC(=O)NC2CC2)cc1.CC(C)c1ccc(C(=O)NCCC2CCCCN2C)cc1.CC(C)c1ccc(C(=O)NCCN2CCCC2)cc1.CC(C)c1ccc(C(=O)N[C@H](CO)C(C)(C)C)cc1.COCCNC(=O)c1ccc(C(C)C)cc1. The molecule has 3 fully saturated rings. The molecule has 0 aromatic heterocycles. The van der Waals surface area contributed by atoms with Crippen LogP contribution in [-0.2, 0) is 9.53 Å². The molecular weight excluding hydrogens is 1180 g/mol. The molecule has 7 N–H and O–H groups in total. The van der Waals surface area contributed by atoms with Crippen molar-refractivity contribution >= 4 is 35.4 Å². The van der Waals surface area contributed by atoms with Gasteiger partial charge in [0, 0.05) is 73.2 Å². The summed E-state index contributed by atoms with van der Waals surface area (Å²) in [4.78, 5) is 76.0. The van der Waals surface area contributed by atoms with Crippen molar-refractivity contribution in [2.75, 3.05) is 79.7 Å². The lowest BCUT2D eigenvalue weighted by Gasteiger charge is -2.32. The molecule has 1 aliphatic carbocycles. The molecule has 5 aromatic rings. The molecule has 3 aliphatic rings. The van der Waals surface area contributed by atoms with E-state index in [9.17, 15) is 33.9 Å². The number of benzene rings is 5. The third-order valence-electron chi connectivity index (χ3n) is 17.3. The predicted octanol–water partition coefficient (Wildman–Crippen LogP) is 13.0. The highest BCUT2D eigenvalue weighted by Crippen LogP contribution is 2.23. The van der Waals surface area contributed by atoms with E-state index in [-0.39, 0.29) is 60.1 Å². The number of carbonyl (C=O) groups is 6. The first kappa shape index (κ1) is 79.2. The number of rotatable bonds is 24. The number of carbonyl (C=O) groups excluding carboxylic acids is 6. The Hall–Kier alpha value is -7.24. The average molecular weight is 1290 g/mol. The summed E-state index contributed by atoms with van der Waals surface area (Å²) in [6.07, 6.45) is 9.63. The minimum atomic E-state index is -0.246. The maximum absolute atomic E-state index is 12.1. The fourth-order valence-electron chi connectivity index (χ4n) is 10.4. The molecule has 2 heterocycles. The molecule has 16 heteroatoms. The Bertz CT molecular complexity index is 3020. The van der Waals surface area contributed by atoms with E-state index in [1.807, 2.05) is 118 Å². The zero-order valence-corrected chi connectivity index (χ0v) is 59.6. The van der Waals surface area contributed by atoms with Gasteiger partial charge in [-0.3, -0.25) is 28.8 Å². The van der Waals surface area contributed by atoms with Gasteiger partial charge in [0.2, 0.25) is 5.91 Å². The number of methoxy groups -OCH3 is 1. The Morgan fingerprint density at radius 3 is 1.17 bits per heavy atom. The number of piperidine rings is 1. The molecule has 2 atom stereocenters. The number of nitrogens with zero attached hydrogens (tertiary/aromatic N) is 2. The zero-order valence-electron chi connectivity index (χ0n) is 59.6. The topological polar surface area (TPSA) is 211 Å². The number of nitrogens with one attached hydrogen (secondary N) is 6. The van der Waals surface area contributed by atoms with Crippen LogP contribution in [0.2, 0.25) is 0 Å². The van der Waals surface area contributed by atoms with Gasteiger partial charge in [-0.2, -0.15) is 0 Å². The van der Waals surface area contributed by atoms with Crippen LogP contribution in [0.15, 0.2) is 121 Å². The largest absolute Gasteiger partial charge is 0.394 e. The molecule has 516 valence electrons. The van der Waals surface area contributed by atoms with Crippen molar-refractivity contribution in [3.63, 3.8) is 0 Å². The Morgan fingerprint density at radius 1 is 0.479 bits per heavy atom. The summed E-state index contributed by atoms with van der Waals surface area (Å²) < 4.78 is 4.86. The summed E-state index contributed by atoms with van der Waals surface area (Å²) in [5, 5.41) is 26.5. The Labute approximate surface area is 564 Å². The normalized spacial score (nSPS) is 15.0. The van der Waals surface area contributed by atoms with Gasteiger partial charge in [0.25, 0.3) is 29.5 Å². The van der Waals surface area contributed by atoms with Crippen LogP contribution >= 0.6 is 0 Å². The van der Waals surface area contributed by atoms with Gasteiger partial charge in [-0.15, -0.1) is 0 Å². The third-order valence-corrected chi connectivity index (χ3v) is 17.3. The Balaban J connectivity index is 0.000000251. The second kappa shape index (κ2) is 41.6. The lowest BCUT2D eigenvalue weighted by Crippen LogP contribution is -2.46. The third kappa shape index (κ3) is 29.6. The van der Waals surface area contributed by atoms with Crippen LogP contribution in [0, 0.1) is 5.41 Å². The molecule has 1 saturated carbocycles. The highest BCUT2D eigenvalue weighted by atomic mass is 16.5. The molecule has 6 amide bonds. The zero-order chi connectivity index (χ0) is 69.3. The fourth-order valence-corrected chi connectivity index (χ4v) is 10.4. The standard InChI is InChI=1S/C18H28N2O.C16H24N2O.C16H25NO2.C15H20N2O2.C13H19NO2/c1-14(2)15-7-9-16(10-8-15)18(21)19-12-11-17-6-4-5-13-20(17)3;1-13(2)14-5-7-15(8-6-14)16(19)17-9-12-18-10-3-4-11-18;1-11(2)12-6-8-13(9-7-12)15(19)17-14(10-18)16(3,4)5;1-10(2)11-3-5-12(6-4-11)15(19)16-9-14(18)17-13-7-8-13;1-10(2)11-4-6-12(7-5-11)13(15)14-8-9-16-3/h7-10,14,17H,4-6,11-13H2,1-3H3,(H,19,21);5-8,13H,3-4,9-12H2,1-2H3,(H,17,19);6-9,11,14,18H,10H2,1-5H3,(H,17,19);3-6,10,13H,7-9H2,1-2H3,(H,16,19)(H,17,18);4-7,10H,8-9H2,1-3H3,(H,14,15)/t;;14-;;/m..1../s1. The molecular formula is C78H116N8O8. The lowest BCUT2D eigenvalue weighted by molar-refractivity contribution is -0.120. The second-order valence-corrected chi connectivity index (χ2v) is 27.7. The number of hydrogen-bond acceptors (Lipinski definition) is 10. The van der Waals surface area contributed by atoms with Gasteiger partial charge in [0.05, 0.1) is 25.8 Å². The summed E-state index contributed by atoms with van der Waals surface area (Å²) in [5.41, 5.74) is 9.47.